The van der Waals surface area contributed by atoms with Gasteiger partial charge in [-0.3, -0.25) is 4.90 Å². The lowest BCUT2D eigenvalue weighted by Crippen LogP contribution is -2.19. The van der Waals surface area contributed by atoms with E-state index < -0.39 is 9.84 Å². The molecule has 1 aromatic heterocycles. The maximum absolute atomic E-state index is 11.6. The van der Waals surface area contributed by atoms with E-state index in [2.05, 4.69) is 4.90 Å². The molecule has 6 heteroatoms. The van der Waals surface area contributed by atoms with Gasteiger partial charge in [0.15, 0.2) is 9.84 Å². The van der Waals surface area contributed by atoms with Crippen LogP contribution in [0.25, 0.3) is 22.6 Å². The van der Waals surface area contributed by atoms with Crippen LogP contribution in [0.15, 0.2) is 57.8 Å². The standard InChI is InChI=1S/C22H24N2O3S/c1-16-21(15-24-13-3-4-14-24)23-22(27-16)19-7-5-17(6-8-19)18-9-11-20(12-10-18)28(2,25)26/h5-12H,3-4,13-15H2,1-2H3. The zero-order valence-electron chi connectivity index (χ0n) is 16.2. The summed E-state index contributed by atoms with van der Waals surface area (Å²) >= 11 is 0. The monoisotopic (exact) mass is 396 g/mol. The van der Waals surface area contributed by atoms with Gasteiger partial charge in [0.1, 0.15) is 5.76 Å². The van der Waals surface area contributed by atoms with Crippen LogP contribution in [0.5, 0.6) is 0 Å². The molecule has 1 aliphatic rings. The van der Waals surface area contributed by atoms with Gasteiger partial charge in [0.25, 0.3) is 0 Å². The van der Waals surface area contributed by atoms with Crippen molar-refractivity contribution in [1.29, 1.82) is 0 Å². The number of aryl methyl sites for hydroxylation is 1. The average Bonchev–Trinajstić information content (AvgIpc) is 3.32. The first-order valence-corrected chi connectivity index (χ1v) is 11.4. The number of nitrogens with zero attached hydrogens (tertiary/aromatic N) is 2. The van der Waals surface area contributed by atoms with E-state index in [9.17, 15) is 8.42 Å². The Morgan fingerprint density at radius 1 is 0.929 bits per heavy atom. The number of rotatable bonds is 5. The molecule has 1 aliphatic heterocycles. The van der Waals surface area contributed by atoms with Crippen LogP contribution in [0.4, 0.5) is 0 Å². The number of sulfone groups is 1. The molecular formula is C22H24N2O3S. The van der Waals surface area contributed by atoms with E-state index in [1.807, 2.05) is 43.3 Å². The highest BCUT2D eigenvalue weighted by molar-refractivity contribution is 7.90. The van der Waals surface area contributed by atoms with Crippen molar-refractivity contribution in [2.75, 3.05) is 19.3 Å². The molecule has 1 saturated heterocycles. The molecule has 5 nitrogen and oxygen atoms in total. The lowest BCUT2D eigenvalue weighted by Gasteiger charge is -2.12. The molecule has 3 aromatic rings. The van der Waals surface area contributed by atoms with Gasteiger partial charge in [-0.15, -0.1) is 0 Å². The van der Waals surface area contributed by atoms with Crippen LogP contribution in [0.3, 0.4) is 0 Å². The van der Waals surface area contributed by atoms with E-state index in [4.69, 9.17) is 9.40 Å². The van der Waals surface area contributed by atoms with E-state index in [-0.39, 0.29) is 0 Å². The van der Waals surface area contributed by atoms with Crippen molar-refractivity contribution in [3.05, 3.63) is 60.0 Å². The van der Waals surface area contributed by atoms with E-state index in [0.29, 0.717) is 10.8 Å². The molecule has 0 saturated carbocycles. The summed E-state index contributed by atoms with van der Waals surface area (Å²) in [6, 6.07) is 14.9. The van der Waals surface area contributed by atoms with E-state index in [1.165, 1.54) is 19.1 Å². The largest absolute Gasteiger partial charge is 0.441 e. The Bertz CT molecular complexity index is 1060. The molecule has 0 radical (unpaired) electrons. The van der Waals surface area contributed by atoms with Gasteiger partial charge in [0.05, 0.1) is 10.6 Å². The maximum atomic E-state index is 11.6. The fourth-order valence-corrected chi connectivity index (χ4v) is 4.18. The Balaban J connectivity index is 1.53. The topological polar surface area (TPSA) is 63.4 Å². The molecule has 28 heavy (non-hydrogen) atoms. The van der Waals surface area contributed by atoms with Gasteiger partial charge in [-0.25, -0.2) is 13.4 Å². The van der Waals surface area contributed by atoms with E-state index in [0.717, 1.165) is 47.8 Å². The second-order valence-corrected chi connectivity index (χ2v) is 9.39. The van der Waals surface area contributed by atoms with Gasteiger partial charge >= 0.3 is 0 Å². The Kier molecular flexibility index (Phi) is 5.08. The molecule has 0 spiro atoms. The van der Waals surface area contributed by atoms with Gasteiger partial charge in [-0.2, -0.15) is 0 Å². The minimum atomic E-state index is -3.18. The van der Waals surface area contributed by atoms with Gasteiger partial charge in [0, 0.05) is 18.4 Å². The molecule has 1 fully saturated rings. The molecule has 0 unspecified atom stereocenters. The maximum Gasteiger partial charge on any atom is 0.226 e. The van der Waals surface area contributed by atoms with Crippen molar-refractivity contribution >= 4 is 9.84 Å². The summed E-state index contributed by atoms with van der Waals surface area (Å²) in [5.74, 6) is 1.52. The molecule has 0 aliphatic carbocycles. The zero-order chi connectivity index (χ0) is 19.7. The third-order valence-electron chi connectivity index (χ3n) is 5.21. The Labute approximate surface area is 165 Å². The number of hydrogen-bond donors (Lipinski definition) is 0. The van der Waals surface area contributed by atoms with Crippen LogP contribution in [-0.4, -0.2) is 37.6 Å². The van der Waals surface area contributed by atoms with E-state index in [1.54, 1.807) is 12.1 Å². The molecule has 2 aromatic carbocycles. The summed E-state index contributed by atoms with van der Waals surface area (Å²) < 4.78 is 29.1. The smallest absolute Gasteiger partial charge is 0.226 e. The van der Waals surface area contributed by atoms with Crippen LogP contribution in [-0.2, 0) is 16.4 Å². The summed E-state index contributed by atoms with van der Waals surface area (Å²) in [4.78, 5) is 7.45. The first-order chi connectivity index (χ1) is 13.4. The van der Waals surface area contributed by atoms with Crippen LogP contribution < -0.4 is 0 Å². The minimum absolute atomic E-state index is 0.327. The molecule has 0 N–H and O–H groups in total. The second kappa shape index (κ2) is 7.53. The zero-order valence-corrected chi connectivity index (χ0v) is 17.0. The third-order valence-corrected chi connectivity index (χ3v) is 6.34. The number of hydrogen-bond acceptors (Lipinski definition) is 5. The SMILES string of the molecule is Cc1oc(-c2ccc(-c3ccc(S(C)(=O)=O)cc3)cc2)nc1CN1CCCC1. The van der Waals surface area contributed by atoms with Gasteiger partial charge < -0.3 is 4.42 Å². The summed E-state index contributed by atoms with van der Waals surface area (Å²) in [6.45, 7) is 5.09. The van der Waals surface area contributed by atoms with Gasteiger partial charge in [-0.1, -0.05) is 24.3 Å². The first kappa shape index (κ1) is 18.9. The molecule has 0 bridgehead atoms. The van der Waals surface area contributed by atoms with E-state index >= 15 is 0 Å². The fourth-order valence-electron chi connectivity index (χ4n) is 3.55. The average molecular weight is 397 g/mol. The molecule has 2 heterocycles. The molecule has 0 atom stereocenters. The van der Waals surface area contributed by atoms with Gasteiger partial charge in [0.2, 0.25) is 5.89 Å². The summed E-state index contributed by atoms with van der Waals surface area (Å²) in [7, 11) is -3.18. The highest BCUT2D eigenvalue weighted by atomic mass is 32.2. The highest BCUT2D eigenvalue weighted by Gasteiger charge is 2.17. The summed E-state index contributed by atoms with van der Waals surface area (Å²) in [5.41, 5.74) is 3.94. The van der Waals surface area contributed by atoms with Crippen LogP contribution >= 0.6 is 0 Å². The molecule has 146 valence electrons. The number of aromatic nitrogens is 1. The normalized spacial score (nSPS) is 15.2. The predicted molar refractivity (Wildman–Crippen MR) is 110 cm³/mol. The lowest BCUT2D eigenvalue weighted by molar-refractivity contribution is 0.325. The van der Waals surface area contributed by atoms with Crippen molar-refractivity contribution in [3.8, 4) is 22.6 Å². The Morgan fingerprint density at radius 2 is 1.46 bits per heavy atom. The van der Waals surface area contributed by atoms with Crippen LogP contribution in [0, 0.1) is 6.92 Å². The van der Waals surface area contributed by atoms with Crippen molar-refractivity contribution in [2.24, 2.45) is 0 Å². The summed E-state index contributed by atoms with van der Waals surface area (Å²) in [6.07, 6.45) is 3.74. The number of likely N-dealkylation sites (tertiary alicyclic amines) is 1. The highest BCUT2D eigenvalue weighted by Crippen LogP contribution is 2.27. The van der Waals surface area contributed by atoms with Crippen LogP contribution in [0.2, 0.25) is 0 Å². The van der Waals surface area contributed by atoms with Crippen molar-refractivity contribution < 1.29 is 12.8 Å². The fraction of sp³-hybridized carbons (Fsp3) is 0.318. The van der Waals surface area contributed by atoms with Gasteiger partial charge in [-0.05, 0) is 68.2 Å². The summed E-state index contributed by atoms with van der Waals surface area (Å²) in [5, 5.41) is 0. The third kappa shape index (κ3) is 4.03. The number of oxazole rings is 1. The Morgan fingerprint density at radius 3 is 2.04 bits per heavy atom. The minimum Gasteiger partial charge on any atom is -0.441 e. The first-order valence-electron chi connectivity index (χ1n) is 9.50. The van der Waals surface area contributed by atoms with Crippen molar-refractivity contribution in [2.45, 2.75) is 31.2 Å². The number of benzene rings is 2. The van der Waals surface area contributed by atoms with Crippen molar-refractivity contribution in [1.82, 2.24) is 9.88 Å². The quantitative estimate of drug-likeness (QED) is 0.643. The Hall–Kier alpha value is -2.44. The molecular weight excluding hydrogens is 372 g/mol. The lowest BCUT2D eigenvalue weighted by atomic mass is 10.0. The predicted octanol–water partition coefficient (Wildman–Crippen LogP) is 4.32. The molecule has 0 amide bonds. The van der Waals surface area contributed by atoms with Crippen molar-refractivity contribution in [3.63, 3.8) is 0 Å². The molecule has 4 rings (SSSR count). The van der Waals surface area contributed by atoms with Crippen LogP contribution in [0.1, 0.15) is 24.3 Å². The second-order valence-electron chi connectivity index (χ2n) is 7.38.